The normalized spacial score (nSPS) is 12.9. The van der Waals surface area contributed by atoms with Crippen molar-refractivity contribution in [3.63, 3.8) is 0 Å². The van der Waals surface area contributed by atoms with Gasteiger partial charge in [0, 0.05) is 37.7 Å². The van der Waals surface area contributed by atoms with Crippen molar-refractivity contribution in [3.8, 4) is 39.5 Å². The molecule has 273 valence electrons. The monoisotopic (exact) mass is 925 g/mol. The molecule has 0 N–H and O–H groups in total. The third-order valence-corrected chi connectivity index (χ3v) is 13.8. The fourth-order valence-electron chi connectivity index (χ4n) is 7.87. The van der Waals surface area contributed by atoms with Crippen molar-refractivity contribution in [1.82, 2.24) is 19.5 Å². The number of fused-ring (bicyclic) bond motifs is 7. The summed E-state index contributed by atoms with van der Waals surface area (Å²) in [5.41, 5.74) is 12.8. The van der Waals surface area contributed by atoms with E-state index in [0.29, 0.717) is 0 Å². The topological polar surface area (TPSA) is 43.6 Å². The van der Waals surface area contributed by atoms with Gasteiger partial charge in [-0.2, -0.15) is 11.3 Å². The molecule has 0 bridgehead atoms. The predicted octanol–water partition coefficient (Wildman–Crippen LogP) is 12.0. The molecule has 5 aromatic carbocycles. The fraction of sp³-hybridized carbons (Fsp3) is 0.146. The number of rotatable bonds is 4. The van der Waals surface area contributed by atoms with Crippen LogP contribution in [-0.4, -0.2) is 27.6 Å². The van der Waals surface area contributed by atoms with Gasteiger partial charge in [0.25, 0.3) is 0 Å². The first-order chi connectivity index (χ1) is 26.1. The van der Waals surface area contributed by atoms with Gasteiger partial charge in [-0.15, -0.1) is 47.5 Å². The van der Waals surface area contributed by atoms with Crippen LogP contribution in [0.15, 0.2) is 134 Å². The first kappa shape index (κ1) is 36.9. The molecule has 7 heteroatoms. The molecule has 0 amide bonds. The summed E-state index contributed by atoms with van der Waals surface area (Å²) in [6, 6.07) is 51.4. The molecule has 0 aliphatic heterocycles. The number of nitrogens with zero attached hydrogens (tertiary/aromatic N) is 4. The Balaban J connectivity index is 0.000000154. The van der Waals surface area contributed by atoms with E-state index in [-0.39, 0.29) is 25.5 Å². The number of aryl methyl sites for hydroxylation is 1. The molecule has 0 saturated carbocycles. The summed E-state index contributed by atoms with van der Waals surface area (Å²) in [7, 11) is -1.33. The molecular formula is C48H40IrN4SSi-2. The van der Waals surface area contributed by atoms with E-state index < -0.39 is 8.07 Å². The van der Waals surface area contributed by atoms with Crippen LogP contribution in [0.2, 0.25) is 19.6 Å². The van der Waals surface area contributed by atoms with E-state index >= 15 is 0 Å². The van der Waals surface area contributed by atoms with E-state index in [9.17, 15) is 0 Å². The molecule has 55 heavy (non-hydrogen) atoms. The van der Waals surface area contributed by atoms with E-state index in [2.05, 4.69) is 160 Å². The van der Waals surface area contributed by atoms with Gasteiger partial charge in [0.1, 0.15) is 4.83 Å². The number of hydrogen-bond donors (Lipinski definition) is 0. The maximum Gasteiger partial charge on any atom is 0.113 e. The van der Waals surface area contributed by atoms with Crippen LogP contribution in [0.4, 0.5) is 0 Å². The van der Waals surface area contributed by atoms with Crippen molar-refractivity contribution < 1.29 is 20.1 Å². The minimum absolute atomic E-state index is 0. The second kappa shape index (κ2) is 14.2. The second-order valence-corrected chi connectivity index (χ2v) is 21.7. The van der Waals surface area contributed by atoms with Crippen molar-refractivity contribution in [2.24, 2.45) is 0 Å². The largest absolute Gasteiger partial charge is 0.333 e. The van der Waals surface area contributed by atoms with E-state index in [1.165, 1.54) is 42.9 Å². The van der Waals surface area contributed by atoms with Crippen LogP contribution in [0.25, 0.3) is 70.8 Å². The molecule has 4 heterocycles. The average Bonchev–Trinajstić information content (AvgIpc) is 3.83. The number of para-hydroxylation sites is 3. The molecule has 0 fully saturated rings. The first-order valence-electron chi connectivity index (χ1n) is 18.5. The van der Waals surface area contributed by atoms with Crippen LogP contribution in [0, 0.1) is 19.1 Å². The van der Waals surface area contributed by atoms with Gasteiger partial charge in [0.05, 0.1) is 24.9 Å². The maximum atomic E-state index is 5.02. The van der Waals surface area contributed by atoms with Crippen LogP contribution in [-0.2, 0) is 25.5 Å². The van der Waals surface area contributed by atoms with Crippen LogP contribution in [0.1, 0.15) is 30.7 Å². The van der Waals surface area contributed by atoms with Gasteiger partial charge in [0.2, 0.25) is 0 Å². The van der Waals surface area contributed by atoms with Crippen LogP contribution >= 0.6 is 11.3 Å². The van der Waals surface area contributed by atoms with E-state index in [1.807, 2.05) is 31.2 Å². The Morgan fingerprint density at radius 3 is 2.20 bits per heavy atom. The van der Waals surface area contributed by atoms with Crippen molar-refractivity contribution in [2.75, 3.05) is 0 Å². The zero-order chi connectivity index (χ0) is 37.2. The quantitative estimate of drug-likeness (QED) is 0.130. The summed E-state index contributed by atoms with van der Waals surface area (Å²) in [5.74, 6) is 0.909. The zero-order valence-corrected chi connectivity index (χ0v) is 35.9. The third kappa shape index (κ3) is 6.39. The molecule has 1 radical (unpaired) electrons. The SMILES string of the molecule is CC1(C)c2ccccc2-c2cc[c-]c(-c3ccc([Si](C)(C)C)cn3)c21.Cc1ccc2c(n1)sc1c(-c3nc4ccccc4n3-c3ccccc3)[c-]ccc12.[Ir]. The molecule has 4 aromatic heterocycles. The molecular weight excluding hydrogens is 885 g/mol. The Bertz CT molecular complexity index is 2850. The van der Waals surface area contributed by atoms with Gasteiger partial charge in [-0.3, -0.25) is 4.98 Å². The van der Waals surface area contributed by atoms with Crippen molar-refractivity contribution in [2.45, 2.75) is 45.8 Å². The van der Waals surface area contributed by atoms with Crippen molar-refractivity contribution >= 4 is 55.9 Å². The molecule has 0 saturated heterocycles. The number of aromatic nitrogens is 4. The number of thiophene rings is 1. The maximum absolute atomic E-state index is 5.02. The number of hydrogen-bond acceptors (Lipinski definition) is 4. The molecule has 4 nitrogen and oxygen atoms in total. The summed E-state index contributed by atoms with van der Waals surface area (Å²) in [4.78, 5) is 15.6. The van der Waals surface area contributed by atoms with Crippen LogP contribution < -0.4 is 5.19 Å². The summed E-state index contributed by atoms with van der Waals surface area (Å²) < 4.78 is 3.40. The van der Waals surface area contributed by atoms with Crippen molar-refractivity contribution in [3.05, 3.63) is 163 Å². The van der Waals surface area contributed by atoms with Gasteiger partial charge in [-0.05, 0) is 74.8 Å². The van der Waals surface area contributed by atoms with Crippen LogP contribution in [0.5, 0.6) is 0 Å². The molecule has 1 aliphatic rings. The van der Waals surface area contributed by atoms with Gasteiger partial charge in [0.15, 0.2) is 0 Å². The Morgan fingerprint density at radius 2 is 1.42 bits per heavy atom. The van der Waals surface area contributed by atoms with Crippen molar-refractivity contribution in [1.29, 1.82) is 0 Å². The zero-order valence-electron chi connectivity index (χ0n) is 31.7. The Morgan fingerprint density at radius 1 is 0.691 bits per heavy atom. The molecule has 0 spiro atoms. The molecule has 0 unspecified atom stereocenters. The predicted molar refractivity (Wildman–Crippen MR) is 230 cm³/mol. The van der Waals surface area contributed by atoms with Crippen LogP contribution in [0.3, 0.4) is 0 Å². The summed E-state index contributed by atoms with van der Waals surface area (Å²) in [5, 5.41) is 3.79. The number of pyridine rings is 2. The number of imidazole rings is 1. The third-order valence-electron chi connectivity index (χ3n) is 10.6. The van der Waals surface area contributed by atoms with E-state index in [4.69, 9.17) is 15.0 Å². The van der Waals surface area contributed by atoms with Gasteiger partial charge in [-0.25, -0.2) is 4.98 Å². The average molecular weight is 925 g/mol. The molecule has 10 rings (SSSR count). The van der Waals surface area contributed by atoms with E-state index in [0.717, 1.165) is 49.9 Å². The summed E-state index contributed by atoms with van der Waals surface area (Å²) in [6.45, 7) is 13.7. The summed E-state index contributed by atoms with van der Waals surface area (Å²) >= 11 is 1.72. The Labute approximate surface area is 341 Å². The minimum atomic E-state index is -1.33. The Kier molecular flexibility index (Phi) is 9.55. The Hall–Kier alpha value is -5.04. The fourth-order valence-corrected chi connectivity index (χ4v) is 10.1. The molecule has 9 aromatic rings. The first-order valence-corrected chi connectivity index (χ1v) is 22.8. The second-order valence-electron chi connectivity index (χ2n) is 15.6. The standard InChI is InChI=1S/C25H16N3S.C23H24NSi.Ir/c1-16-14-15-19-18-10-7-11-20(23(18)29-25(19)26-16)24-27-21-12-5-6-13-22(21)28(24)17-8-3-2-4-9-17;1-23(2)20-12-7-6-9-17(20)18-10-8-11-19(22(18)23)21-14-13-16(15-24-21)25(3,4)5;/h2-10,12-15H,1H3;6-10,12-15H,1-5H3;/q2*-1;. The minimum Gasteiger partial charge on any atom is -0.333 e. The molecule has 1 aliphatic carbocycles. The van der Waals surface area contributed by atoms with E-state index in [1.54, 1.807) is 11.3 Å². The van der Waals surface area contributed by atoms with Gasteiger partial charge < -0.3 is 9.55 Å². The van der Waals surface area contributed by atoms with Gasteiger partial charge >= 0.3 is 0 Å². The summed E-state index contributed by atoms with van der Waals surface area (Å²) in [6.07, 6.45) is 2.07. The number of benzene rings is 5. The smallest absolute Gasteiger partial charge is 0.113 e. The molecule has 0 atom stereocenters. The van der Waals surface area contributed by atoms with Gasteiger partial charge in [-0.1, -0.05) is 123 Å².